The summed E-state index contributed by atoms with van der Waals surface area (Å²) in [7, 11) is 0. The standard InChI is InChI=1S/C10H9ClN2/c11-9-3-2-8(6-13-9)10(7-12)4-1-5-10/h2-3,6H,1,4-5H2. The van der Waals surface area contributed by atoms with E-state index in [0.29, 0.717) is 5.15 Å². The Labute approximate surface area is 82.2 Å². The second-order valence-corrected chi connectivity index (χ2v) is 3.80. The summed E-state index contributed by atoms with van der Waals surface area (Å²) in [6.45, 7) is 0. The van der Waals surface area contributed by atoms with E-state index in [2.05, 4.69) is 11.1 Å². The Hall–Kier alpha value is -1.07. The zero-order chi connectivity index (χ0) is 9.31. The van der Waals surface area contributed by atoms with Crippen LogP contribution in [0, 0.1) is 11.3 Å². The van der Waals surface area contributed by atoms with Gasteiger partial charge in [-0.3, -0.25) is 0 Å². The molecule has 1 heterocycles. The monoisotopic (exact) mass is 192 g/mol. The van der Waals surface area contributed by atoms with Gasteiger partial charge in [-0.1, -0.05) is 17.7 Å². The summed E-state index contributed by atoms with van der Waals surface area (Å²) >= 11 is 5.67. The average molecular weight is 193 g/mol. The topological polar surface area (TPSA) is 36.7 Å². The van der Waals surface area contributed by atoms with Gasteiger partial charge >= 0.3 is 0 Å². The van der Waals surface area contributed by atoms with Gasteiger partial charge in [0.25, 0.3) is 0 Å². The van der Waals surface area contributed by atoms with E-state index >= 15 is 0 Å². The molecule has 1 aliphatic rings. The molecule has 0 bridgehead atoms. The van der Waals surface area contributed by atoms with E-state index in [0.717, 1.165) is 24.8 Å². The molecule has 2 rings (SSSR count). The third-order valence-corrected chi connectivity index (χ3v) is 2.92. The quantitative estimate of drug-likeness (QED) is 0.642. The summed E-state index contributed by atoms with van der Waals surface area (Å²) in [6, 6.07) is 6.01. The summed E-state index contributed by atoms with van der Waals surface area (Å²) in [5, 5.41) is 9.53. The van der Waals surface area contributed by atoms with Gasteiger partial charge in [0.2, 0.25) is 0 Å². The number of pyridine rings is 1. The fourth-order valence-electron chi connectivity index (χ4n) is 1.65. The van der Waals surface area contributed by atoms with Crippen LogP contribution in [-0.4, -0.2) is 4.98 Å². The van der Waals surface area contributed by atoms with Gasteiger partial charge in [-0.25, -0.2) is 4.98 Å². The normalized spacial score (nSPS) is 18.8. The second kappa shape index (κ2) is 3.01. The molecule has 0 aromatic carbocycles. The Morgan fingerprint density at radius 3 is 2.62 bits per heavy atom. The van der Waals surface area contributed by atoms with Crippen LogP contribution in [0.5, 0.6) is 0 Å². The molecule has 1 aromatic heterocycles. The lowest BCUT2D eigenvalue weighted by molar-refractivity contribution is 0.323. The van der Waals surface area contributed by atoms with Gasteiger partial charge in [-0.05, 0) is 30.9 Å². The van der Waals surface area contributed by atoms with E-state index in [-0.39, 0.29) is 5.41 Å². The maximum absolute atomic E-state index is 9.05. The van der Waals surface area contributed by atoms with Crippen LogP contribution in [0.1, 0.15) is 24.8 Å². The van der Waals surface area contributed by atoms with Gasteiger partial charge < -0.3 is 0 Å². The van der Waals surface area contributed by atoms with Crippen molar-refractivity contribution in [2.75, 3.05) is 0 Å². The Bertz CT molecular complexity index is 346. The number of halogens is 1. The van der Waals surface area contributed by atoms with Crippen molar-refractivity contribution in [2.45, 2.75) is 24.7 Å². The van der Waals surface area contributed by atoms with Crippen molar-refractivity contribution < 1.29 is 0 Å². The number of aromatic nitrogens is 1. The zero-order valence-electron chi connectivity index (χ0n) is 7.13. The lowest BCUT2D eigenvalue weighted by Crippen LogP contribution is -2.32. The van der Waals surface area contributed by atoms with Crippen molar-refractivity contribution >= 4 is 11.6 Å². The number of rotatable bonds is 1. The Morgan fingerprint density at radius 2 is 2.23 bits per heavy atom. The van der Waals surface area contributed by atoms with E-state index in [1.165, 1.54) is 0 Å². The predicted molar refractivity (Wildman–Crippen MR) is 50.4 cm³/mol. The van der Waals surface area contributed by atoms with Crippen molar-refractivity contribution in [3.63, 3.8) is 0 Å². The van der Waals surface area contributed by atoms with Crippen LogP contribution in [0.25, 0.3) is 0 Å². The van der Waals surface area contributed by atoms with Crippen molar-refractivity contribution in [3.05, 3.63) is 29.0 Å². The van der Waals surface area contributed by atoms with Crippen LogP contribution < -0.4 is 0 Å². The number of hydrogen-bond donors (Lipinski definition) is 0. The molecular weight excluding hydrogens is 184 g/mol. The number of nitriles is 1. The van der Waals surface area contributed by atoms with Crippen LogP contribution in [0.2, 0.25) is 5.15 Å². The van der Waals surface area contributed by atoms with Gasteiger partial charge in [0.15, 0.2) is 0 Å². The van der Waals surface area contributed by atoms with Crippen LogP contribution >= 0.6 is 11.6 Å². The molecule has 1 aliphatic carbocycles. The zero-order valence-corrected chi connectivity index (χ0v) is 7.88. The minimum Gasteiger partial charge on any atom is -0.244 e. The SMILES string of the molecule is N#CC1(c2ccc(Cl)nc2)CCC1. The van der Waals surface area contributed by atoms with Crippen LogP contribution in [0.3, 0.4) is 0 Å². The third kappa shape index (κ3) is 1.30. The highest BCUT2D eigenvalue weighted by molar-refractivity contribution is 6.29. The fraction of sp³-hybridized carbons (Fsp3) is 0.400. The fourth-order valence-corrected chi connectivity index (χ4v) is 1.77. The Balaban J connectivity index is 2.35. The number of hydrogen-bond acceptors (Lipinski definition) is 2. The van der Waals surface area contributed by atoms with E-state index in [4.69, 9.17) is 16.9 Å². The maximum atomic E-state index is 9.05. The highest BCUT2D eigenvalue weighted by Crippen LogP contribution is 2.42. The second-order valence-electron chi connectivity index (χ2n) is 3.42. The molecule has 0 amide bonds. The van der Waals surface area contributed by atoms with Crippen molar-refractivity contribution in [1.82, 2.24) is 4.98 Å². The summed E-state index contributed by atoms with van der Waals surface area (Å²) in [6.07, 6.45) is 4.75. The highest BCUT2D eigenvalue weighted by Gasteiger charge is 2.39. The first kappa shape index (κ1) is 8.52. The average Bonchev–Trinajstić information content (AvgIpc) is 2.07. The number of nitrogens with zero attached hydrogens (tertiary/aromatic N) is 2. The molecule has 1 aromatic rings. The molecule has 0 aliphatic heterocycles. The molecule has 1 fully saturated rings. The van der Waals surface area contributed by atoms with Gasteiger partial charge in [0.1, 0.15) is 5.15 Å². The molecule has 1 saturated carbocycles. The Kier molecular flexibility index (Phi) is 1.97. The molecule has 0 spiro atoms. The minimum atomic E-state index is -0.266. The largest absolute Gasteiger partial charge is 0.244 e. The lowest BCUT2D eigenvalue weighted by Gasteiger charge is -2.35. The van der Waals surface area contributed by atoms with E-state index in [1.807, 2.05) is 6.07 Å². The third-order valence-electron chi connectivity index (χ3n) is 2.70. The van der Waals surface area contributed by atoms with Crippen molar-refractivity contribution in [1.29, 1.82) is 5.26 Å². The van der Waals surface area contributed by atoms with Gasteiger partial charge in [-0.2, -0.15) is 5.26 Å². The van der Waals surface area contributed by atoms with Gasteiger partial charge in [0, 0.05) is 6.20 Å². The molecule has 3 heteroatoms. The van der Waals surface area contributed by atoms with Crippen LogP contribution in [0.4, 0.5) is 0 Å². The van der Waals surface area contributed by atoms with Gasteiger partial charge in [-0.15, -0.1) is 0 Å². The molecule has 2 nitrogen and oxygen atoms in total. The maximum Gasteiger partial charge on any atom is 0.129 e. The summed E-state index contributed by atoms with van der Waals surface area (Å²) < 4.78 is 0. The van der Waals surface area contributed by atoms with Crippen LogP contribution in [-0.2, 0) is 5.41 Å². The first-order chi connectivity index (χ1) is 6.27. The van der Waals surface area contributed by atoms with E-state index in [9.17, 15) is 0 Å². The first-order valence-electron chi connectivity index (χ1n) is 4.30. The van der Waals surface area contributed by atoms with Gasteiger partial charge in [0.05, 0.1) is 11.5 Å². The summed E-state index contributed by atoms with van der Waals surface area (Å²) in [5.74, 6) is 0. The van der Waals surface area contributed by atoms with Crippen molar-refractivity contribution in [2.24, 2.45) is 0 Å². The Morgan fingerprint density at radius 1 is 1.46 bits per heavy atom. The highest BCUT2D eigenvalue weighted by atomic mass is 35.5. The molecule has 0 N–H and O–H groups in total. The molecule has 66 valence electrons. The smallest absolute Gasteiger partial charge is 0.129 e. The van der Waals surface area contributed by atoms with E-state index < -0.39 is 0 Å². The molecule has 13 heavy (non-hydrogen) atoms. The first-order valence-corrected chi connectivity index (χ1v) is 4.68. The molecular formula is C10H9ClN2. The minimum absolute atomic E-state index is 0.266. The van der Waals surface area contributed by atoms with Crippen molar-refractivity contribution in [3.8, 4) is 6.07 Å². The lowest BCUT2D eigenvalue weighted by atomic mass is 9.66. The summed E-state index contributed by atoms with van der Waals surface area (Å²) in [4.78, 5) is 3.99. The predicted octanol–water partition coefficient (Wildman–Crippen LogP) is 2.68. The molecule has 0 saturated heterocycles. The van der Waals surface area contributed by atoms with Crippen LogP contribution in [0.15, 0.2) is 18.3 Å². The van der Waals surface area contributed by atoms with E-state index in [1.54, 1.807) is 12.3 Å². The molecule has 0 unspecified atom stereocenters. The molecule has 0 atom stereocenters. The summed E-state index contributed by atoms with van der Waals surface area (Å²) in [5.41, 5.74) is 0.739. The molecule has 0 radical (unpaired) electrons.